The normalized spacial score (nSPS) is 15.3. The molecule has 0 aromatic heterocycles. The van der Waals surface area contributed by atoms with Crippen molar-refractivity contribution < 1.29 is 18.3 Å². The summed E-state index contributed by atoms with van der Waals surface area (Å²) in [6.45, 7) is 0. The topological polar surface area (TPSA) is 95.5 Å². The zero-order valence-corrected chi connectivity index (χ0v) is 11.8. The van der Waals surface area contributed by atoms with Gasteiger partial charge in [-0.2, -0.15) is 13.1 Å². The standard InChI is InChI=1S/C10H10Cl2N2O4S/c11-6-3-4-7(12)9(8(6)10(15)16)14-19(17,18)13-5-1-2-5/h3-5,13-14H,1-2H2,(H,15,16). The molecule has 9 heteroatoms. The molecule has 0 atom stereocenters. The van der Waals surface area contributed by atoms with Crippen molar-refractivity contribution in [3.63, 3.8) is 0 Å². The number of halogens is 2. The van der Waals surface area contributed by atoms with E-state index in [1.54, 1.807) is 0 Å². The first-order chi connectivity index (χ1) is 8.80. The molecule has 0 saturated heterocycles. The fraction of sp³-hybridized carbons (Fsp3) is 0.300. The lowest BCUT2D eigenvalue weighted by molar-refractivity contribution is 0.0698. The third-order valence-electron chi connectivity index (χ3n) is 2.45. The Morgan fingerprint density at radius 2 is 1.84 bits per heavy atom. The molecule has 19 heavy (non-hydrogen) atoms. The minimum Gasteiger partial charge on any atom is -0.478 e. The van der Waals surface area contributed by atoms with E-state index in [-0.39, 0.29) is 27.3 Å². The third kappa shape index (κ3) is 3.50. The van der Waals surface area contributed by atoms with Crippen molar-refractivity contribution in [1.29, 1.82) is 0 Å². The van der Waals surface area contributed by atoms with Gasteiger partial charge in [-0.1, -0.05) is 23.2 Å². The van der Waals surface area contributed by atoms with Crippen LogP contribution >= 0.6 is 23.2 Å². The van der Waals surface area contributed by atoms with Crippen LogP contribution in [0.1, 0.15) is 23.2 Å². The highest BCUT2D eigenvalue weighted by Crippen LogP contribution is 2.32. The molecule has 3 N–H and O–H groups in total. The molecule has 0 radical (unpaired) electrons. The van der Waals surface area contributed by atoms with Crippen molar-refractivity contribution in [1.82, 2.24) is 4.72 Å². The first-order valence-corrected chi connectivity index (χ1v) is 7.55. The summed E-state index contributed by atoms with van der Waals surface area (Å²) in [5, 5.41) is 8.93. The molecule has 6 nitrogen and oxygen atoms in total. The second kappa shape index (κ2) is 5.16. The van der Waals surface area contributed by atoms with Crippen LogP contribution in [0.4, 0.5) is 5.69 Å². The van der Waals surface area contributed by atoms with E-state index in [1.807, 2.05) is 0 Å². The Labute approximate surface area is 119 Å². The van der Waals surface area contributed by atoms with Crippen LogP contribution in [0.2, 0.25) is 10.0 Å². The van der Waals surface area contributed by atoms with E-state index in [0.29, 0.717) is 0 Å². The molecule has 2 rings (SSSR count). The van der Waals surface area contributed by atoms with Crippen LogP contribution in [-0.4, -0.2) is 25.5 Å². The lowest BCUT2D eigenvalue weighted by Gasteiger charge is -2.13. The van der Waals surface area contributed by atoms with Gasteiger partial charge in [0.05, 0.1) is 15.7 Å². The van der Waals surface area contributed by atoms with Gasteiger partial charge in [-0.15, -0.1) is 0 Å². The number of carboxylic acids is 1. The predicted molar refractivity (Wildman–Crippen MR) is 72.1 cm³/mol. The summed E-state index contributed by atoms with van der Waals surface area (Å²) in [5.41, 5.74) is -0.620. The highest BCUT2D eigenvalue weighted by Gasteiger charge is 2.28. The number of aromatic carboxylic acids is 1. The summed E-state index contributed by atoms with van der Waals surface area (Å²) in [6, 6.07) is 2.51. The van der Waals surface area contributed by atoms with Crippen LogP contribution in [0.25, 0.3) is 0 Å². The van der Waals surface area contributed by atoms with E-state index >= 15 is 0 Å². The maximum Gasteiger partial charge on any atom is 0.339 e. The van der Waals surface area contributed by atoms with Crippen LogP contribution in [0.3, 0.4) is 0 Å². The summed E-state index contributed by atoms with van der Waals surface area (Å²) in [6.07, 6.45) is 1.52. The van der Waals surface area contributed by atoms with Crippen LogP contribution < -0.4 is 9.44 Å². The molecular weight excluding hydrogens is 315 g/mol. The number of nitrogens with one attached hydrogen (secondary N) is 2. The van der Waals surface area contributed by atoms with E-state index in [2.05, 4.69) is 9.44 Å². The maximum absolute atomic E-state index is 11.8. The van der Waals surface area contributed by atoms with Crippen LogP contribution in [0.5, 0.6) is 0 Å². The van der Waals surface area contributed by atoms with Crippen LogP contribution in [0, 0.1) is 0 Å². The highest BCUT2D eigenvalue weighted by atomic mass is 35.5. The molecule has 0 unspecified atom stereocenters. The summed E-state index contributed by atoms with van der Waals surface area (Å²) < 4.78 is 28.0. The number of hydrogen-bond donors (Lipinski definition) is 3. The number of rotatable bonds is 5. The average molecular weight is 325 g/mol. The molecule has 0 spiro atoms. The second-order valence-corrected chi connectivity index (χ2v) is 6.34. The molecule has 0 amide bonds. The number of benzene rings is 1. The fourth-order valence-electron chi connectivity index (χ4n) is 1.45. The lowest BCUT2D eigenvalue weighted by atomic mass is 10.2. The maximum atomic E-state index is 11.8. The van der Waals surface area contributed by atoms with Gasteiger partial charge < -0.3 is 5.11 Å². The Kier molecular flexibility index (Phi) is 3.91. The second-order valence-electron chi connectivity index (χ2n) is 4.08. The number of anilines is 1. The Balaban J connectivity index is 2.38. The molecule has 1 saturated carbocycles. The van der Waals surface area contributed by atoms with Gasteiger partial charge in [0.25, 0.3) is 10.2 Å². The summed E-state index contributed by atoms with van der Waals surface area (Å²) in [4.78, 5) is 11.1. The van der Waals surface area contributed by atoms with Gasteiger partial charge in [0.15, 0.2) is 0 Å². The van der Waals surface area contributed by atoms with E-state index in [4.69, 9.17) is 28.3 Å². The van der Waals surface area contributed by atoms with Crippen molar-refractivity contribution in [2.45, 2.75) is 18.9 Å². The molecule has 1 fully saturated rings. The Morgan fingerprint density at radius 3 is 2.37 bits per heavy atom. The molecule has 1 aromatic rings. The van der Waals surface area contributed by atoms with Gasteiger partial charge in [-0.3, -0.25) is 4.72 Å². The van der Waals surface area contributed by atoms with E-state index in [9.17, 15) is 13.2 Å². The van der Waals surface area contributed by atoms with Crippen molar-refractivity contribution in [2.75, 3.05) is 4.72 Å². The summed E-state index contributed by atoms with van der Waals surface area (Å²) in [7, 11) is -3.87. The molecule has 104 valence electrons. The Morgan fingerprint density at radius 1 is 1.26 bits per heavy atom. The Hall–Kier alpha value is -1.02. The van der Waals surface area contributed by atoms with E-state index in [0.717, 1.165) is 12.8 Å². The van der Waals surface area contributed by atoms with Gasteiger partial charge in [0, 0.05) is 6.04 Å². The highest BCUT2D eigenvalue weighted by molar-refractivity contribution is 7.90. The van der Waals surface area contributed by atoms with Crippen molar-refractivity contribution in [3.8, 4) is 0 Å². The van der Waals surface area contributed by atoms with Crippen LogP contribution in [0.15, 0.2) is 12.1 Å². The first kappa shape index (κ1) is 14.4. The van der Waals surface area contributed by atoms with Crippen molar-refractivity contribution in [2.24, 2.45) is 0 Å². The summed E-state index contributed by atoms with van der Waals surface area (Å²) in [5.74, 6) is -1.36. The first-order valence-electron chi connectivity index (χ1n) is 5.31. The van der Waals surface area contributed by atoms with Gasteiger partial charge in [0.2, 0.25) is 0 Å². The molecule has 0 heterocycles. The largest absolute Gasteiger partial charge is 0.478 e. The summed E-state index contributed by atoms with van der Waals surface area (Å²) >= 11 is 11.6. The molecule has 1 aromatic carbocycles. The monoisotopic (exact) mass is 324 g/mol. The molecule has 1 aliphatic carbocycles. The lowest BCUT2D eigenvalue weighted by Crippen LogP contribution is -2.32. The quantitative estimate of drug-likeness (QED) is 0.772. The zero-order chi connectivity index (χ0) is 14.2. The fourth-order valence-corrected chi connectivity index (χ4v) is 3.16. The molecule has 0 bridgehead atoms. The Bertz CT molecular complexity index is 629. The smallest absolute Gasteiger partial charge is 0.339 e. The molecule has 0 aliphatic heterocycles. The number of carbonyl (C=O) groups is 1. The average Bonchev–Trinajstić information content (AvgIpc) is 3.05. The van der Waals surface area contributed by atoms with Gasteiger partial charge in [0.1, 0.15) is 5.56 Å². The predicted octanol–water partition coefficient (Wildman–Crippen LogP) is 2.10. The van der Waals surface area contributed by atoms with Gasteiger partial charge in [-0.05, 0) is 25.0 Å². The third-order valence-corrected chi connectivity index (χ3v) is 4.20. The van der Waals surface area contributed by atoms with Crippen molar-refractivity contribution in [3.05, 3.63) is 27.7 Å². The van der Waals surface area contributed by atoms with Gasteiger partial charge >= 0.3 is 5.97 Å². The van der Waals surface area contributed by atoms with E-state index in [1.165, 1.54) is 12.1 Å². The molecular formula is C10H10Cl2N2O4S. The minimum absolute atomic E-state index is 0.0389. The number of carboxylic acid groups (broad SMARTS) is 1. The zero-order valence-electron chi connectivity index (χ0n) is 9.48. The van der Waals surface area contributed by atoms with Gasteiger partial charge in [-0.25, -0.2) is 4.79 Å². The minimum atomic E-state index is -3.87. The van der Waals surface area contributed by atoms with E-state index < -0.39 is 16.2 Å². The van der Waals surface area contributed by atoms with Crippen molar-refractivity contribution >= 4 is 45.1 Å². The molecule has 1 aliphatic rings. The number of hydrogen-bond acceptors (Lipinski definition) is 3. The van der Waals surface area contributed by atoms with Crippen LogP contribution in [-0.2, 0) is 10.2 Å². The SMILES string of the molecule is O=C(O)c1c(Cl)ccc(Cl)c1NS(=O)(=O)NC1CC1.